The first-order valence-electron chi connectivity index (χ1n) is 6.46. The van der Waals surface area contributed by atoms with Crippen molar-refractivity contribution < 1.29 is 13.6 Å². The van der Waals surface area contributed by atoms with Crippen molar-refractivity contribution in [1.82, 2.24) is 5.32 Å². The second-order valence-corrected chi connectivity index (χ2v) is 5.24. The van der Waals surface area contributed by atoms with Crippen LogP contribution >= 0.6 is 11.6 Å². The molecule has 0 heterocycles. The van der Waals surface area contributed by atoms with Gasteiger partial charge < -0.3 is 5.32 Å². The molecule has 2 aromatic carbocycles. The summed E-state index contributed by atoms with van der Waals surface area (Å²) >= 11 is 5.80. The van der Waals surface area contributed by atoms with Gasteiger partial charge in [-0.1, -0.05) is 29.8 Å². The molecule has 0 radical (unpaired) electrons. The van der Waals surface area contributed by atoms with Gasteiger partial charge in [-0.2, -0.15) is 0 Å². The van der Waals surface area contributed by atoms with Crippen molar-refractivity contribution in [2.75, 3.05) is 0 Å². The Morgan fingerprint density at radius 3 is 2.52 bits per heavy atom. The summed E-state index contributed by atoms with van der Waals surface area (Å²) in [7, 11) is 0. The number of nitrogens with one attached hydrogen (secondary N) is 1. The van der Waals surface area contributed by atoms with E-state index in [2.05, 4.69) is 5.32 Å². The third-order valence-corrected chi connectivity index (χ3v) is 3.28. The molecule has 110 valence electrons. The maximum absolute atomic E-state index is 13.5. The first kappa shape index (κ1) is 15.4. The lowest BCUT2D eigenvalue weighted by molar-refractivity contribution is 0.0935. The standard InChI is InChI=1S/C16H14ClF2NO/c1-10(9-11-5-7-12(17)8-6-11)20-16(21)13-3-2-4-14(18)15(13)19/h2-8,10H,9H2,1H3,(H,20,21). The summed E-state index contributed by atoms with van der Waals surface area (Å²) in [5.41, 5.74) is 0.699. The van der Waals surface area contributed by atoms with Crippen molar-refractivity contribution in [3.8, 4) is 0 Å². The molecule has 0 bridgehead atoms. The summed E-state index contributed by atoms with van der Waals surface area (Å²) in [6, 6.07) is 10.5. The molecule has 0 aliphatic carbocycles. The Bertz CT molecular complexity index is 643. The molecule has 5 heteroatoms. The van der Waals surface area contributed by atoms with Gasteiger partial charge in [0.2, 0.25) is 0 Å². The summed E-state index contributed by atoms with van der Waals surface area (Å²) in [5.74, 6) is -2.80. The van der Waals surface area contributed by atoms with Crippen LogP contribution in [0.3, 0.4) is 0 Å². The molecule has 2 aromatic rings. The van der Waals surface area contributed by atoms with E-state index in [0.717, 1.165) is 11.6 Å². The molecule has 1 atom stereocenters. The van der Waals surface area contributed by atoms with E-state index in [-0.39, 0.29) is 11.6 Å². The Balaban J connectivity index is 2.02. The van der Waals surface area contributed by atoms with Crippen LogP contribution in [0, 0.1) is 11.6 Å². The third-order valence-electron chi connectivity index (χ3n) is 3.03. The van der Waals surface area contributed by atoms with Crippen molar-refractivity contribution in [3.05, 3.63) is 70.2 Å². The second-order valence-electron chi connectivity index (χ2n) is 4.81. The summed E-state index contributed by atoms with van der Waals surface area (Å²) in [6.07, 6.45) is 0.569. The summed E-state index contributed by atoms with van der Waals surface area (Å²) < 4.78 is 26.6. The Labute approximate surface area is 126 Å². The summed E-state index contributed by atoms with van der Waals surface area (Å²) in [4.78, 5) is 11.9. The van der Waals surface area contributed by atoms with E-state index in [9.17, 15) is 13.6 Å². The molecule has 0 saturated heterocycles. The van der Waals surface area contributed by atoms with Crippen molar-refractivity contribution in [2.24, 2.45) is 0 Å². The molecular weight excluding hydrogens is 296 g/mol. The minimum atomic E-state index is -1.13. The largest absolute Gasteiger partial charge is 0.349 e. The maximum atomic E-state index is 13.5. The second kappa shape index (κ2) is 6.68. The van der Waals surface area contributed by atoms with Gasteiger partial charge in [0, 0.05) is 11.1 Å². The monoisotopic (exact) mass is 309 g/mol. The zero-order valence-corrected chi connectivity index (χ0v) is 12.1. The van der Waals surface area contributed by atoms with E-state index >= 15 is 0 Å². The Hall–Kier alpha value is -1.94. The van der Waals surface area contributed by atoms with Crippen LogP contribution in [0.5, 0.6) is 0 Å². The highest BCUT2D eigenvalue weighted by Crippen LogP contribution is 2.13. The van der Waals surface area contributed by atoms with Crippen molar-refractivity contribution in [3.63, 3.8) is 0 Å². The zero-order chi connectivity index (χ0) is 15.4. The van der Waals surface area contributed by atoms with E-state index in [1.54, 1.807) is 19.1 Å². The van der Waals surface area contributed by atoms with Gasteiger partial charge in [-0.05, 0) is 43.2 Å². The van der Waals surface area contributed by atoms with Gasteiger partial charge in [0.1, 0.15) is 0 Å². The van der Waals surface area contributed by atoms with E-state index in [1.165, 1.54) is 12.1 Å². The zero-order valence-electron chi connectivity index (χ0n) is 11.4. The van der Waals surface area contributed by atoms with Gasteiger partial charge in [-0.25, -0.2) is 8.78 Å². The molecule has 0 spiro atoms. The number of carbonyl (C=O) groups is 1. The fourth-order valence-corrected chi connectivity index (χ4v) is 2.13. The van der Waals surface area contributed by atoms with Crippen molar-refractivity contribution in [2.45, 2.75) is 19.4 Å². The molecule has 0 aliphatic rings. The SMILES string of the molecule is CC(Cc1ccc(Cl)cc1)NC(=O)c1cccc(F)c1F. The number of hydrogen-bond donors (Lipinski definition) is 1. The fourth-order valence-electron chi connectivity index (χ4n) is 2.01. The first-order valence-corrected chi connectivity index (χ1v) is 6.84. The molecular formula is C16H14ClF2NO. The number of rotatable bonds is 4. The van der Waals surface area contributed by atoms with Crippen LogP contribution in [0.25, 0.3) is 0 Å². The molecule has 1 N–H and O–H groups in total. The van der Waals surface area contributed by atoms with Gasteiger partial charge in [0.15, 0.2) is 11.6 Å². The highest BCUT2D eigenvalue weighted by Gasteiger charge is 2.16. The Morgan fingerprint density at radius 2 is 1.86 bits per heavy atom. The lowest BCUT2D eigenvalue weighted by Crippen LogP contribution is -2.34. The molecule has 2 nitrogen and oxygen atoms in total. The molecule has 1 unspecified atom stereocenters. The lowest BCUT2D eigenvalue weighted by atomic mass is 10.1. The van der Waals surface area contributed by atoms with Crippen LogP contribution in [-0.2, 0) is 6.42 Å². The van der Waals surface area contributed by atoms with Gasteiger partial charge in [-0.3, -0.25) is 4.79 Å². The summed E-state index contributed by atoms with van der Waals surface area (Å²) in [6.45, 7) is 1.80. The lowest BCUT2D eigenvalue weighted by Gasteiger charge is -2.14. The first-order chi connectivity index (χ1) is 9.97. The molecule has 0 aliphatic heterocycles. The van der Waals surface area contributed by atoms with E-state index in [4.69, 9.17) is 11.6 Å². The number of carbonyl (C=O) groups excluding carboxylic acids is 1. The van der Waals surface area contributed by atoms with Crippen molar-refractivity contribution in [1.29, 1.82) is 0 Å². The number of amides is 1. The molecule has 0 fully saturated rings. The van der Waals surface area contributed by atoms with Gasteiger partial charge in [-0.15, -0.1) is 0 Å². The average Bonchev–Trinajstić information content (AvgIpc) is 2.44. The quantitative estimate of drug-likeness (QED) is 0.909. The fraction of sp³-hybridized carbons (Fsp3) is 0.188. The molecule has 2 rings (SSSR count). The normalized spacial score (nSPS) is 12.0. The van der Waals surface area contributed by atoms with Gasteiger partial charge in [0.05, 0.1) is 5.56 Å². The minimum Gasteiger partial charge on any atom is -0.349 e. The van der Waals surface area contributed by atoms with Crippen molar-refractivity contribution >= 4 is 17.5 Å². The highest BCUT2D eigenvalue weighted by atomic mass is 35.5. The number of benzene rings is 2. The third kappa shape index (κ3) is 4.02. The molecule has 0 aromatic heterocycles. The van der Waals surface area contributed by atoms with Crippen LogP contribution in [0.4, 0.5) is 8.78 Å². The summed E-state index contributed by atoms with van der Waals surface area (Å²) in [5, 5.41) is 3.29. The Kier molecular flexibility index (Phi) is 4.91. The smallest absolute Gasteiger partial charge is 0.254 e. The molecule has 21 heavy (non-hydrogen) atoms. The average molecular weight is 310 g/mol. The predicted molar refractivity (Wildman–Crippen MR) is 78.4 cm³/mol. The van der Waals surface area contributed by atoms with Crippen LogP contribution in [0.2, 0.25) is 5.02 Å². The maximum Gasteiger partial charge on any atom is 0.254 e. The van der Waals surface area contributed by atoms with Crippen LogP contribution in [0.15, 0.2) is 42.5 Å². The molecule has 1 amide bonds. The van der Waals surface area contributed by atoms with Gasteiger partial charge in [0.25, 0.3) is 5.91 Å². The number of halogens is 3. The van der Waals surface area contributed by atoms with E-state index in [1.807, 2.05) is 12.1 Å². The Morgan fingerprint density at radius 1 is 1.19 bits per heavy atom. The van der Waals surface area contributed by atoms with E-state index < -0.39 is 17.5 Å². The van der Waals surface area contributed by atoms with Crippen LogP contribution in [0.1, 0.15) is 22.8 Å². The van der Waals surface area contributed by atoms with Gasteiger partial charge >= 0.3 is 0 Å². The predicted octanol–water partition coefficient (Wildman–Crippen LogP) is 3.98. The minimum absolute atomic E-state index is 0.221. The molecule has 0 saturated carbocycles. The van der Waals surface area contributed by atoms with Crippen LogP contribution in [-0.4, -0.2) is 11.9 Å². The number of hydrogen-bond acceptors (Lipinski definition) is 1. The van der Waals surface area contributed by atoms with E-state index in [0.29, 0.717) is 11.4 Å². The topological polar surface area (TPSA) is 29.1 Å². The highest BCUT2D eigenvalue weighted by molar-refractivity contribution is 6.30. The van der Waals surface area contributed by atoms with Crippen LogP contribution < -0.4 is 5.32 Å².